The normalized spacial score (nSPS) is 14.8. The third-order valence-corrected chi connectivity index (χ3v) is 2.87. The number of halogens is 2. The average Bonchev–Trinajstić information content (AvgIpc) is 3.11. The van der Waals surface area contributed by atoms with Crippen molar-refractivity contribution in [1.29, 1.82) is 0 Å². The molecule has 0 radical (unpaired) electrons. The van der Waals surface area contributed by atoms with Gasteiger partial charge in [0.25, 0.3) is 0 Å². The summed E-state index contributed by atoms with van der Waals surface area (Å²) in [5, 5.41) is 2.64. The van der Waals surface area contributed by atoms with E-state index in [4.69, 9.17) is 0 Å². The van der Waals surface area contributed by atoms with Crippen LogP contribution in [-0.2, 0) is 0 Å². The van der Waals surface area contributed by atoms with Gasteiger partial charge in [0.2, 0.25) is 0 Å². The molecule has 0 amide bonds. The van der Waals surface area contributed by atoms with Gasteiger partial charge >= 0.3 is 0 Å². The van der Waals surface area contributed by atoms with Crippen molar-refractivity contribution in [3.05, 3.63) is 17.7 Å². The highest BCUT2D eigenvalue weighted by Gasteiger charge is 2.31. The van der Waals surface area contributed by atoms with E-state index in [1.54, 1.807) is 7.05 Å². The first-order valence-electron chi connectivity index (χ1n) is 5.97. The Morgan fingerprint density at radius 1 is 1.41 bits per heavy atom. The summed E-state index contributed by atoms with van der Waals surface area (Å²) < 4.78 is 27.1. The third-order valence-electron chi connectivity index (χ3n) is 2.87. The number of aromatic nitrogens is 1. The Balaban J connectivity index is 2.34. The molecule has 0 aromatic carbocycles. The van der Waals surface area contributed by atoms with E-state index >= 15 is 0 Å². The summed E-state index contributed by atoms with van der Waals surface area (Å²) in [6.07, 6.45) is 3.05. The maximum absolute atomic E-state index is 13.8. The van der Waals surface area contributed by atoms with Crippen molar-refractivity contribution in [1.82, 2.24) is 4.98 Å². The molecule has 5 heteroatoms. The Morgan fingerprint density at radius 2 is 2.12 bits per heavy atom. The van der Waals surface area contributed by atoms with Crippen LogP contribution in [0.1, 0.15) is 26.2 Å². The van der Waals surface area contributed by atoms with E-state index < -0.39 is 11.6 Å². The number of nitrogens with zero attached hydrogens (tertiary/aromatic N) is 2. The Bertz CT molecular complexity index is 405. The molecule has 2 rings (SSSR count). The highest BCUT2D eigenvalue weighted by atomic mass is 19.1. The maximum Gasteiger partial charge on any atom is 0.168 e. The molecular weight excluding hydrogens is 224 g/mol. The van der Waals surface area contributed by atoms with E-state index in [2.05, 4.69) is 10.3 Å². The summed E-state index contributed by atoms with van der Waals surface area (Å²) in [7, 11) is 1.58. The fourth-order valence-electron chi connectivity index (χ4n) is 1.92. The predicted molar refractivity (Wildman–Crippen MR) is 64.4 cm³/mol. The molecule has 1 aromatic rings. The van der Waals surface area contributed by atoms with Crippen molar-refractivity contribution in [2.24, 2.45) is 0 Å². The molecular formula is C12H17F2N3. The van der Waals surface area contributed by atoms with Crippen molar-refractivity contribution in [2.75, 3.05) is 23.8 Å². The molecule has 1 fully saturated rings. The van der Waals surface area contributed by atoms with E-state index in [9.17, 15) is 8.78 Å². The fourth-order valence-corrected chi connectivity index (χ4v) is 1.92. The SMILES string of the molecule is CCCN(c1nc(NC)c(F)cc1F)C1CC1. The first-order chi connectivity index (χ1) is 8.17. The van der Waals surface area contributed by atoms with E-state index in [1.807, 2.05) is 11.8 Å². The molecule has 17 heavy (non-hydrogen) atoms. The first kappa shape index (κ1) is 12.1. The van der Waals surface area contributed by atoms with Crippen molar-refractivity contribution in [2.45, 2.75) is 32.2 Å². The van der Waals surface area contributed by atoms with Gasteiger partial charge in [0.1, 0.15) is 0 Å². The molecule has 1 saturated carbocycles. The number of rotatable bonds is 5. The molecule has 1 aliphatic rings. The summed E-state index contributed by atoms with van der Waals surface area (Å²) in [6.45, 7) is 2.79. The van der Waals surface area contributed by atoms with Crippen LogP contribution in [0.15, 0.2) is 6.07 Å². The van der Waals surface area contributed by atoms with E-state index in [1.165, 1.54) is 0 Å². The number of anilines is 2. The quantitative estimate of drug-likeness (QED) is 0.859. The van der Waals surface area contributed by atoms with Gasteiger partial charge in [0.05, 0.1) is 0 Å². The Labute approximate surface area is 99.8 Å². The van der Waals surface area contributed by atoms with Gasteiger partial charge in [0.15, 0.2) is 23.3 Å². The predicted octanol–water partition coefficient (Wildman–Crippen LogP) is 2.78. The molecule has 3 nitrogen and oxygen atoms in total. The second-order valence-electron chi connectivity index (χ2n) is 4.30. The lowest BCUT2D eigenvalue weighted by Crippen LogP contribution is -2.28. The van der Waals surface area contributed by atoms with Gasteiger partial charge in [-0.1, -0.05) is 6.92 Å². The van der Waals surface area contributed by atoms with E-state index in [0.717, 1.165) is 31.9 Å². The zero-order valence-electron chi connectivity index (χ0n) is 10.1. The maximum atomic E-state index is 13.8. The Kier molecular flexibility index (Phi) is 3.45. The minimum atomic E-state index is -0.652. The summed E-state index contributed by atoms with van der Waals surface area (Å²) in [6, 6.07) is 1.27. The van der Waals surface area contributed by atoms with E-state index in [0.29, 0.717) is 6.04 Å². The number of hydrogen-bond donors (Lipinski definition) is 1. The van der Waals surface area contributed by atoms with Crippen LogP contribution in [0.4, 0.5) is 20.4 Å². The van der Waals surface area contributed by atoms with Crippen LogP contribution in [0.25, 0.3) is 0 Å². The summed E-state index contributed by atoms with van der Waals surface area (Å²) >= 11 is 0. The molecule has 0 saturated heterocycles. The smallest absolute Gasteiger partial charge is 0.168 e. The summed E-state index contributed by atoms with van der Waals surface area (Å²) in [5.41, 5.74) is 0. The Morgan fingerprint density at radius 3 is 2.65 bits per heavy atom. The Hall–Kier alpha value is -1.39. The summed E-state index contributed by atoms with van der Waals surface area (Å²) in [5.74, 6) is -0.869. The van der Waals surface area contributed by atoms with Gasteiger partial charge in [-0.05, 0) is 19.3 Å². The molecule has 1 aromatic heterocycles. The van der Waals surface area contributed by atoms with Crippen molar-refractivity contribution in [3.63, 3.8) is 0 Å². The lowest BCUT2D eigenvalue weighted by molar-refractivity contribution is 0.568. The fraction of sp³-hybridized carbons (Fsp3) is 0.583. The largest absolute Gasteiger partial charge is 0.371 e. The van der Waals surface area contributed by atoms with Gasteiger partial charge in [0, 0.05) is 25.7 Å². The first-order valence-corrected chi connectivity index (χ1v) is 5.97. The second kappa shape index (κ2) is 4.85. The molecule has 0 bridgehead atoms. The number of nitrogens with one attached hydrogen (secondary N) is 1. The second-order valence-corrected chi connectivity index (χ2v) is 4.30. The van der Waals surface area contributed by atoms with Gasteiger partial charge in [-0.25, -0.2) is 13.8 Å². The van der Waals surface area contributed by atoms with Crippen molar-refractivity contribution < 1.29 is 8.78 Å². The molecule has 94 valence electrons. The van der Waals surface area contributed by atoms with Crippen LogP contribution in [0.5, 0.6) is 0 Å². The van der Waals surface area contributed by atoms with Gasteiger partial charge in [-0.2, -0.15) is 0 Å². The van der Waals surface area contributed by atoms with Crippen LogP contribution in [-0.4, -0.2) is 24.6 Å². The van der Waals surface area contributed by atoms with E-state index in [-0.39, 0.29) is 11.6 Å². The van der Waals surface area contributed by atoms with Crippen LogP contribution >= 0.6 is 0 Å². The van der Waals surface area contributed by atoms with Crippen LogP contribution in [0.2, 0.25) is 0 Å². The highest BCUT2D eigenvalue weighted by molar-refractivity contribution is 5.50. The minimum absolute atomic E-state index is 0.100. The summed E-state index contributed by atoms with van der Waals surface area (Å²) in [4.78, 5) is 5.98. The average molecular weight is 241 g/mol. The van der Waals surface area contributed by atoms with Crippen molar-refractivity contribution in [3.8, 4) is 0 Å². The lowest BCUT2D eigenvalue weighted by atomic mass is 10.3. The lowest BCUT2D eigenvalue weighted by Gasteiger charge is -2.23. The van der Waals surface area contributed by atoms with Crippen LogP contribution < -0.4 is 10.2 Å². The van der Waals surface area contributed by atoms with Gasteiger partial charge in [-0.15, -0.1) is 0 Å². The molecule has 0 aliphatic heterocycles. The highest BCUT2D eigenvalue weighted by Crippen LogP contribution is 2.33. The zero-order chi connectivity index (χ0) is 12.4. The zero-order valence-corrected chi connectivity index (χ0v) is 10.1. The number of pyridine rings is 1. The van der Waals surface area contributed by atoms with Gasteiger partial charge in [-0.3, -0.25) is 0 Å². The molecule has 1 heterocycles. The topological polar surface area (TPSA) is 28.2 Å². The standard InChI is InChI=1S/C12H17F2N3/c1-3-6-17(8-4-5-8)12-10(14)7-9(13)11(15-2)16-12/h7-8H,3-6H2,1-2H3,(H,15,16). The number of hydrogen-bond acceptors (Lipinski definition) is 3. The van der Waals surface area contributed by atoms with Crippen LogP contribution in [0, 0.1) is 11.6 Å². The minimum Gasteiger partial charge on any atom is -0.371 e. The molecule has 0 atom stereocenters. The molecule has 1 aliphatic carbocycles. The van der Waals surface area contributed by atoms with Gasteiger partial charge < -0.3 is 10.2 Å². The third kappa shape index (κ3) is 2.48. The molecule has 1 N–H and O–H groups in total. The molecule has 0 unspecified atom stereocenters. The monoisotopic (exact) mass is 241 g/mol. The van der Waals surface area contributed by atoms with Crippen LogP contribution in [0.3, 0.4) is 0 Å². The molecule has 0 spiro atoms. The van der Waals surface area contributed by atoms with Crippen molar-refractivity contribution >= 4 is 11.6 Å².